The second kappa shape index (κ2) is 7.02. The molecule has 0 saturated heterocycles. The van der Waals surface area contributed by atoms with Crippen molar-refractivity contribution >= 4 is 17.2 Å². The zero-order chi connectivity index (χ0) is 11.3. The van der Waals surface area contributed by atoms with E-state index in [0.717, 1.165) is 12.3 Å². The summed E-state index contributed by atoms with van der Waals surface area (Å²) in [6, 6.07) is 1.06. The summed E-state index contributed by atoms with van der Waals surface area (Å²) in [7, 11) is -2.26. The van der Waals surface area contributed by atoms with Crippen LogP contribution in [0.2, 0.25) is 0 Å². The van der Waals surface area contributed by atoms with Gasteiger partial charge in [-0.2, -0.15) is 0 Å². The summed E-state index contributed by atoms with van der Waals surface area (Å²) < 4.78 is 0. The fraction of sp³-hybridized carbons (Fsp3) is 1.00. The molecule has 0 rings (SSSR count). The average Bonchev–Trinajstić information content (AvgIpc) is 2.02. The average molecular weight is 241 g/mol. The van der Waals surface area contributed by atoms with Crippen LogP contribution in [0.5, 0.6) is 0 Å². The van der Waals surface area contributed by atoms with Crippen LogP contribution in [-0.2, 0) is 10.1 Å². The Morgan fingerprint density at radius 1 is 1.14 bits per heavy atom. The third-order valence-electron chi connectivity index (χ3n) is 2.29. The van der Waals surface area contributed by atoms with Crippen LogP contribution < -0.4 is 0 Å². The lowest BCUT2D eigenvalue weighted by atomic mass is 10.2. The molecule has 0 aliphatic rings. The molecule has 2 N–H and O–H groups in total. The number of hydrogen-bond donors (Lipinski definition) is 2. The van der Waals surface area contributed by atoms with Crippen molar-refractivity contribution in [3.8, 4) is 0 Å². The Morgan fingerprint density at radius 3 is 1.86 bits per heavy atom. The highest BCUT2D eigenvalue weighted by Gasteiger charge is 2.12. The summed E-state index contributed by atoms with van der Waals surface area (Å²) >= 11 is 0. The van der Waals surface area contributed by atoms with Crippen molar-refractivity contribution in [2.24, 2.45) is 0 Å². The van der Waals surface area contributed by atoms with E-state index >= 15 is 0 Å². The molecule has 0 bridgehead atoms. The Bertz CT molecular complexity index is 195. The standard InChI is InChI=1S/C9H24NO2PS/c1-8(2)10(9(3)4)6-7-14(5)13(11)12/h8-9,11-13H,6-7H2,1-5H3. The van der Waals surface area contributed by atoms with Crippen LogP contribution >= 0.6 is 7.15 Å². The van der Waals surface area contributed by atoms with Gasteiger partial charge in [-0.3, -0.25) is 4.90 Å². The van der Waals surface area contributed by atoms with Crippen LogP contribution in [0, 0.1) is 0 Å². The third-order valence-corrected chi connectivity index (χ3v) is 6.19. The molecule has 0 fully saturated rings. The Hall–Kier alpha value is 0.660. The van der Waals surface area contributed by atoms with Crippen LogP contribution in [0.25, 0.3) is 0 Å². The lowest BCUT2D eigenvalue weighted by Gasteiger charge is -2.30. The zero-order valence-corrected chi connectivity index (χ0v) is 11.6. The fourth-order valence-corrected chi connectivity index (χ4v) is 2.94. The quantitative estimate of drug-likeness (QED) is 0.713. The minimum absolute atomic E-state index is 0.204. The molecule has 0 radical (unpaired) electrons. The van der Waals surface area contributed by atoms with E-state index in [4.69, 9.17) is 9.79 Å². The van der Waals surface area contributed by atoms with Gasteiger partial charge in [-0.15, -0.1) is 10.1 Å². The van der Waals surface area contributed by atoms with Gasteiger partial charge in [0.1, 0.15) is 7.15 Å². The highest BCUT2D eigenvalue weighted by atomic mass is 32.5. The van der Waals surface area contributed by atoms with Gasteiger partial charge in [0.05, 0.1) is 0 Å². The van der Waals surface area contributed by atoms with Crippen molar-refractivity contribution in [2.75, 3.05) is 18.6 Å². The van der Waals surface area contributed by atoms with Crippen molar-refractivity contribution in [2.45, 2.75) is 39.8 Å². The first-order chi connectivity index (χ1) is 6.36. The van der Waals surface area contributed by atoms with Crippen molar-refractivity contribution in [3.63, 3.8) is 0 Å². The van der Waals surface area contributed by atoms with Gasteiger partial charge in [0, 0.05) is 24.4 Å². The molecule has 1 atom stereocenters. The Labute approximate surface area is 90.7 Å². The van der Waals surface area contributed by atoms with Crippen LogP contribution in [0.4, 0.5) is 0 Å². The highest BCUT2D eigenvalue weighted by molar-refractivity contribution is 8.22. The smallest absolute Gasteiger partial charge is 0.130 e. The molecular formula is C9H24NO2PS. The lowest BCUT2D eigenvalue weighted by molar-refractivity contribution is 0.187. The van der Waals surface area contributed by atoms with Gasteiger partial charge >= 0.3 is 0 Å². The fourth-order valence-electron chi connectivity index (χ4n) is 1.45. The summed E-state index contributed by atoms with van der Waals surface area (Å²) in [4.78, 5) is 20.5. The topological polar surface area (TPSA) is 43.7 Å². The van der Waals surface area contributed by atoms with Crippen molar-refractivity contribution in [3.05, 3.63) is 0 Å². The molecule has 0 aromatic carbocycles. The minimum atomic E-state index is -2.06. The number of nitrogens with zero attached hydrogens (tertiary/aromatic N) is 1. The summed E-state index contributed by atoms with van der Waals surface area (Å²) in [5, 5.41) is 0. The molecule has 0 aliphatic carbocycles. The van der Waals surface area contributed by atoms with E-state index < -0.39 is 7.15 Å². The Kier molecular flexibility index (Phi) is 7.35. The van der Waals surface area contributed by atoms with Crippen LogP contribution in [0.3, 0.4) is 0 Å². The summed E-state index contributed by atoms with van der Waals surface area (Å²) in [5.41, 5.74) is 0. The second-order valence-corrected chi connectivity index (χ2v) is 9.48. The largest absolute Gasteiger partial charge is 0.351 e. The third kappa shape index (κ3) is 5.52. The van der Waals surface area contributed by atoms with E-state index in [9.17, 15) is 0 Å². The predicted molar refractivity (Wildman–Crippen MR) is 67.9 cm³/mol. The van der Waals surface area contributed by atoms with Crippen molar-refractivity contribution < 1.29 is 9.79 Å². The van der Waals surface area contributed by atoms with Crippen LogP contribution in [0.15, 0.2) is 0 Å². The molecular weight excluding hydrogens is 217 g/mol. The SMILES string of the molecule is CC(C)N(CCS(C)=[PH](O)O)C(C)C. The molecule has 0 aromatic heterocycles. The van der Waals surface area contributed by atoms with Gasteiger partial charge < -0.3 is 9.79 Å². The number of rotatable bonds is 5. The van der Waals surface area contributed by atoms with E-state index in [-0.39, 0.29) is 10.1 Å². The first-order valence-electron chi connectivity index (χ1n) is 4.99. The first-order valence-corrected chi connectivity index (χ1v) is 8.91. The predicted octanol–water partition coefficient (Wildman–Crippen LogP) is 1.30. The van der Waals surface area contributed by atoms with Gasteiger partial charge in [0.25, 0.3) is 0 Å². The van der Waals surface area contributed by atoms with E-state index in [1.54, 1.807) is 0 Å². The molecule has 0 aromatic rings. The van der Waals surface area contributed by atoms with Gasteiger partial charge in [-0.1, -0.05) is 0 Å². The maximum Gasteiger partial charge on any atom is 0.130 e. The Morgan fingerprint density at radius 2 is 1.57 bits per heavy atom. The molecule has 1 unspecified atom stereocenters. The van der Waals surface area contributed by atoms with Gasteiger partial charge in [-0.05, 0) is 34.0 Å². The second-order valence-electron chi connectivity index (χ2n) is 4.05. The molecule has 0 heterocycles. The molecule has 0 saturated carbocycles. The molecule has 3 nitrogen and oxygen atoms in total. The monoisotopic (exact) mass is 241 g/mol. The van der Waals surface area contributed by atoms with E-state index in [1.807, 2.05) is 6.26 Å². The van der Waals surface area contributed by atoms with Crippen LogP contribution in [-0.4, -0.2) is 45.3 Å². The van der Waals surface area contributed by atoms with Gasteiger partial charge in [-0.25, -0.2) is 0 Å². The molecule has 0 spiro atoms. The normalized spacial score (nSPS) is 14.8. The summed E-state index contributed by atoms with van der Waals surface area (Å²) in [6.45, 7) is 9.67. The maximum atomic E-state index is 9.06. The summed E-state index contributed by atoms with van der Waals surface area (Å²) in [5.74, 6) is 0.900. The van der Waals surface area contributed by atoms with Crippen molar-refractivity contribution in [1.82, 2.24) is 4.90 Å². The number of hydrogen-bond acceptors (Lipinski definition) is 1. The molecule has 88 valence electrons. The maximum absolute atomic E-state index is 9.06. The van der Waals surface area contributed by atoms with Gasteiger partial charge in [0.15, 0.2) is 0 Å². The molecule has 0 amide bonds. The van der Waals surface area contributed by atoms with E-state index in [1.165, 1.54) is 0 Å². The lowest BCUT2D eigenvalue weighted by Crippen LogP contribution is -2.39. The van der Waals surface area contributed by atoms with Crippen LogP contribution in [0.1, 0.15) is 27.7 Å². The van der Waals surface area contributed by atoms with Crippen molar-refractivity contribution in [1.29, 1.82) is 0 Å². The van der Waals surface area contributed by atoms with E-state index in [2.05, 4.69) is 32.6 Å². The summed E-state index contributed by atoms with van der Waals surface area (Å²) in [6.07, 6.45) is 1.94. The minimum Gasteiger partial charge on any atom is -0.351 e. The Balaban J connectivity index is 4.15. The first kappa shape index (κ1) is 14.7. The molecule has 14 heavy (non-hydrogen) atoms. The van der Waals surface area contributed by atoms with E-state index in [0.29, 0.717) is 12.1 Å². The molecule has 0 aliphatic heterocycles. The molecule has 5 heteroatoms. The van der Waals surface area contributed by atoms with Gasteiger partial charge in [0.2, 0.25) is 0 Å². The zero-order valence-electron chi connectivity index (χ0n) is 9.82. The highest BCUT2D eigenvalue weighted by Crippen LogP contribution is 2.15.